The Hall–Kier alpha value is -6.01. The Morgan fingerprint density at radius 1 is 1.09 bits per heavy atom. The van der Waals surface area contributed by atoms with Gasteiger partial charge in [-0.1, -0.05) is 50.8 Å². The molecule has 6 bridgehead atoms. The highest BCUT2D eigenvalue weighted by atomic mass is 19.4. The predicted octanol–water partition coefficient (Wildman–Crippen LogP) is 5.12. The van der Waals surface area contributed by atoms with E-state index in [4.69, 9.17) is 9.47 Å². The van der Waals surface area contributed by atoms with Crippen LogP contribution in [0.5, 0.6) is 0 Å². The minimum atomic E-state index is -4.59. The third-order valence-corrected chi connectivity index (χ3v) is 12.8. The van der Waals surface area contributed by atoms with Gasteiger partial charge in [-0.25, -0.2) is 5.43 Å². The summed E-state index contributed by atoms with van der Waals surface area (Å²) in [6, 6.07) is 9.56. The third kappa shape index (κ3) is 9.83. The normalized spacial score (nSPS) is 20.4. The third-order valence-electron chi connectivity index (χ3n) is 12.8. The molecular weight excluding hydrogens is 846 g/mol. The monoisotopic (exact) mass is 902 g/mol. The van der Waals surface area contributed by atoms with Crippen molar-refractivity contribution in [1.29, 1.82) is 0 Å². The predicted molar refractivity (Wildman–Crippen MR) is 236 cm³/mol. The van der Waals surface area contributed by atoms with Gasteiger partial charge in [-0.2, -0.15) is 18.3 Å². The van der Waals surface area contributed by atoms with Crippen LogP contribution in [-0.4, -0.2) is 123 Å². The van der Waals surface area contributed by atoms with Crippen LogP contribution in [0.3, 0.4) is 0 Å². The standard InChI is InChI=1S/C47H57F3N8O7/c1-8-39(59)56-19-16-32(25-56)44(61)54(5)40(27(2)3)43(60)52-37-22-29-11-9-12-30(21-29)31-14-15-38-34(23-31)33(17-20-65-46(63)36-13-10-18-58(53-36)45(37)62)42(57(38)26-47(48,49)50)35-24-51-55(6)41(35)28(4)64-7/h8-9,11-12,14-15,21,23-24,27-28,32,36-37,40,53H,1,10,13,16-20,22,25-26H2,2-7H3,(H,52,60)/t28-,32-,36-,37-,40-/m0/s1. The van der Waals surface area contributed by atoms with Gasteiger partial charge in [-0.3, -0.25) is 33.7 Å². The lowest BCUT2D eigenvalue weighted by Gasteiger charge is -2.36. The molecule has 5 atom stereocenters. The van der Waals surface area contributed by atoms with Crippen LogP contribution < -0.4 is 10.7 Å². The van der Waals surface area contributed by atoms with Gasteiger partial charge in [-0.15, -0.1) is 0 Å². The molecule has 2 N–H and O–H groups in total. The average Bonchev–Trinajstić information content (AvgIpc) is 4.00. The molecule has 3 aliphatic heterocycles. The van der Waals surface area contributed by atoms with Crippen LogP contribution in [0.4, 0.5) is 13.2 Å². The summed E-state index contributed by atoms with van der Waals surface area (Å²) in [4.78, 5) is 71.8. The number of hydrogen-bond acceptors (Lipinski definition) is 9. The zero-order chi connectivity index (χ0) is 46.9. The summed E-state index contributed by atoms with van der Waals surface area (Å²) in [6.45, 7) is 8.31. The molecule has 348 valence electrons. The van der Waals surface area contributed by atoms with Crippen LogP contribution in [-0.2, 0) is 59.9 Å². The summed E-state index contributed by atoms with van der Waals surface area (Å²) in [5, 5.41) is 9.25. The number of aromatic nitrogens is 3. The number of hydrogen-bond donors (Lipinski definition) is 2. The van der Waals surface area contributed by atoms with Crippen molar-refractivity contribution in [3.8, 4) is 22.4 Å². The van der Waals surface area contributed by atoms with Crippen LogP contribution in [0.1, 0.15) is 63.0 Å². The molecule has 5 heterocycles. The van der Waals surface area contributed by atoms with Crippen molar-refractivity contribution in [3.63, 3.8) is 0 Å². The Kier molecular flexibility index (Phi) is 13.9. The number of carbonyl (C=O) groups is 5. The second-order valence-electron chi connectivity index (χ2n) is 17.5. The molecule has 7 rings (SSSR count). The number of cyclic esters (lactones) is 1. The van der Waals surface area contributed by atoms with E-state index in [2.05, 4.69) is 22.4 Å². The Morgan fingerprint density at radius 2 is 1.85 bits per heavy atom. The van der Waals surface area contributed by atoms with Crippen molar-refractivity contribution in [3.05, 3.63) is 78.1 Å². The van der Waals surface area contributed by atoms with Crippen LogP contribution in [0.25, 0.3) is 33.3 Å². The van der Waals surface area contributed by atoms with Gasteiger partial charge in [0.25, 0.3) is 5.91 Å². The maximum Gasteiger partial charge on any atom is 0.406 e. The number of alkyl halides is 3. The molecule has 15 nitrogen and oxygen atoms in total. The molecule has 2 aromatic carbocycles. The van der Waals surface area contributed by atoms with E-state index >= 15 is 0 Å². The number of nitrogens with one attached hydrogen (secondary N) is 2. The molecule has 65 heavy (non-hydrogen) atoms. The Labute approximate surface area is 375 Å². The van der Waals surface area contributed by atoms with Crippen molar-refractivity contribution >= 4 is 40.5 Å². The topological polar surface area (TPSA) is 160 Å². The van der Waals surface area contributed by atoms with Crippen molar-refractivity contribution in [1.82, 2.24) is 39.9 Å². The Morgan fingerprint density at radius 3 is 2.55 bits per heavy atom. The lowest BCUT2D eigenvalue weighted by atomic mass is 9.95. The van der Waals surface area contributed by atoms with E-state index < -0.39 is 60.7 Å². The number of rotatable bonds is 10. The number of esters is 1. The molecule has 18 heteroatoms. The average molecular weight is 903 g/mol. The highest BCUT2D eigenvalue weighted by Crippen LogP contribution is 2.41. The number of nitrogens with zero attached hydrogens (tertiary/aromatic N) is 6. The van der Waals surface area contributed by atoms with Crippen molar-refractivity contribution < 1.29 is 46.6 Å². The SMILES string of the molecule is C=CC(=O)N1CC[C@H](C(=O)N(C)[C@H](C(=O)N[C@H]2Cc3cccc(c3)-c3ccc4c(c3)c(c(-c3cnn(C)c3[C@H](C)OC)n4CC(F)(F)F)CCOC(=O)[C@@H]3CCCN(N3)C2=O)C(C)C)C1. The molecule has 4 amide bonds. The van der Waals surface area contributed by atoms with Crippen molar-refractivity contribution in [2.24, 2.45) is 18.9 Å². The summed E-state index contributed by atoms with van der Waals surface area (Å²) >= 11 is 0. The van der Waals surface area contributed by atoms with Gasteiger partial charge < -0.3 is 29.2 Å². The number of likely N-dealkylation sites (N-methyl/N-ethyl adjacent to an activating group) is 1. The maximum atomic E-state index is 14.6. The maximum absolute atomic E-state index is 14.6. The first-order valence-electron chi connectivity index (χ1n) is 22.0. The zero-order valence-corrected chi connectivity index (χ0v) is 37.6. The Balaban J connectivity index is 1.29. The quantitative estimate of drug-likeness (QED) is 0.163. The number of ether oxygens (including phenoxy) is 2. The molecule has 3 aliphatic rings. The minimum Gasteiger partial charge on any atom is -0.464 e. The number of methoxy groups -OCH3 is 1. The van der Waals surface area contributed by atoms with E-state index in [1.807, 2.05) is 44.2 Å². The number of likely N-dealkylation sites (tertiary alicyclic amines) is 1. The molecule has 0 saturated carbocycles. The van der Waals surface area contributed by atoms with E-state index in [9.17, 15) is 37.1 Å². The van der Waals surface area contributed by atoms with Gasteiger partial charge in [0.15, 0.2) is 0 Å². The molecule has 2 aromatic heterocycles. The second kappa shape index (κ2) is 19.2. The smallest absolute Gasteiger partial charge is 0.406 e. The van der Waals surface area contributed by atoms with Crippen LogP contribution >= 0.6 is 0 Å². The summed E-state index contributed by atoms with van der Waals surface area (Å²) in [5.41, 5.74) is 7.27. The number of halogens is 3. The minimum absolute atomic E-state index is 0.0243. The summed E-state index contributed by atoms with van der Waals surface area (Å²) in [6.07, 6.45) is -1.08. The summed E-state index contributed by atoms with van der Waals surface area (Å²) in [7, 11) is 4.77. The first-order chi connectivity index (χ1) is 30.9. The highest BCUT2D eigenvalue weighted by molar-refractivity contribution is 5.96. The Bertz CT molecular complexity index is 2480. The molecular formula is C47H57F3N8O7. The molecule has 0 aliphatic carbocycles. The summed E-state index contributed by atoms with van der Waals surface area (Å²) in [5.74, 6) is -3.12. The van der Waals surface area contributed by atoms with Crippen molar-refractivity contribution in [2.75, 3.05) is 40.4 Å². The molecule has 4 aromatic rings. The lowest BCUT2D eigenvalue weighted by molar-refractivity contribution is -0.153. The molecule has 0 spiro atoms. The number of benzene rings is 2. The number of aryl methyl sites for hydroxylation is 1. The van der Waals surface area contributed by atoms with Crippen LogP contribution in [0.2, 0.25) is 0 Å². The van der Waals surface area contributed by atoms with Gasteiger partial charge in [0.05, 0.1) is 36.2 Å². The molecule has 2 fully saturated rings. The summed E-state index contributed by atoms with van der Waals surface area (Å²) < 4.78 is 57.9. The number of fused-ring (bicyclic) bond motifs is 6. The van der Waals surface area contributed by atoms with Gasteiger partial charge in [-0.05, 0) is 72.6 Å². The second-order valence-corrected chi connectivity index (χ2v) is 17.5. The number of amides is 4. The first-order valence-corrected chi connectivity index (χ1v) is 22.0. The highest BCUT2D eigenvalue weighted by Gasteiger charge is 2.40. The van der Waals surface area contributed by atoms with Gasteiger partial charge >= 0.3 is 12.1 Å². The van der Waals surface area contributed by atoms with E-state index in [0.29, 0.717) is 70.2 Å². The van der Waals surface area contributed by atoms with E-state index in [1.54, 1.807) is 42.7 Å². The number of hydrazine groups is 1. The van der Waals surface area contributed by atoms with Gasteiger partial charge in [0.2, 0.25) is 17.7 Å². The van der Waals surface area contributed by atoms with Crippen LogP contribution in [0, 0.1) is 11.8 Å². The van der Waals surface area contributed by atoms with Crippen molar-refractivity contribution in [2.45, 2.75) is 89.8 Å². The first kappa shape index (κ1) is 47.0. The van der Waals surface area contributed by atoms with E-state index in [-0.39, 0.29) is 56.0 Å². The molecule has 0 unspecified atom stereocenters. The number of carbonyl (C=O) groups excluding carboxylic acids is 5. The van der Waals surface area contributed by atoms with E-state index in [1.165, 1.54) is 33.9 Å². The fraction of sp³-hybridized carbons (Fsp3) is 0.489. The van der Waals surface area contributed by atoms with Crippen LogP contribution in [0.15, 0.2) is 61.3 Å². The van der Waals surface area contributed by atoms with E-state index in [0.717, 1.165) is 0 Å². The lowest BCUT2D eigenvalue weighted by Crippen LogP contribution is -2.62. The fourth-order valence-electron chi connectivity index (χ4n) is 9.60. The zero-order valence-electron chi connectivity index (χ0n) is 37.6. The molecule has 2 saturated heterocycles. The molecule has 0 radical (unpaired) electrons. The van der Waals surface area contributed by atoms with Gasteiger partial charge in [0, 0.05) is 70.1 Å². The van der Waals surface area contributed by atoms with Gasteiger partial charge in [0.1, 0.15) is 24.7 Å². The fourth-order valence-corrected chi connectivity index (χ4v) is 9.60. The largest absolute Gasteiger partial charge is 0.464 e.